The Balaban J connectivity index is 1.70. The third kappa shape index (κ3) is 5.51. The van der Waals surface area contributed by atoms with E-state index in [4.69, 9.17) is 16.3 Å². The van der Waals surface area contributed by atoms with Gasteiger partial charge in [-0.25, -0.2) is 22.8 Å². The first-order valence-electron chi connectivity index (χ1n) is 9.73. The van der Waals surface area contributed by atoms with Crippen molar-refractivity contribution in [1.82, 2.24) is 9.97 Å². The van der Waals surface area contributed by atoms with Gasteiger partial charge >= 0.3 is 0 Å². The summed E-state index contributed by atoms with van der Waals surface area (Å²) >= 11 is 5.88. The Morgan fingerprint density at radius 2 is 2.00 bits per heavy atom. The smallest absolute Gasteiger partial charge is 0.233 e. The van der Waals surface area contributed by atoms with E-state index in [1.807, 2.05) is 6.92 Å². The quantitative estimate of drug-likeness (QED) is 0.390. The summed E-state index contributed by atoms with van der Waals surface area (Å²) in [7, 11) is -0.208. The van der Waals surface area contributed by atoms with E-state index in [1.165, 1.54) is 24.5 Å². The van der Waals surface area contributed by atoms with Crippen molar-refractivity contribution in [3.05, 3.63) is 47.5 Å². The number of benzene rings is 2. The molecule has 1 aliphatic heterocycles. The average Bonchev–Trinajstić information content (AvgIpc) is 3.24. The highest BCUT2D eigenvalue weighted by molar-refractivity contribution is 8.77. The zero-order chi connectivity index (χ0) is 22.7. The predicted octanol–water partition coefficient (Wildman–Crippen LogP) is 5.32. The summed E-state index contributed by atoms with van der Waals surface area (Å²) in [6.07, 6.45) is 1.38. The minimum Gasteiger partial charge on any atom is -0.492 e. The Morgan fingerprint density at radius 1 is 1.22 bits per heavy atom. The van der Waals surface area contributed by atoms with Gasteiger partial charge in [0, 0.05) is 28.6 Å². The molecule has 2 aromatic carbocycles. The van der Waals surface area contributed by atoms with Gasteiger partial charge in [-0.2, -0.15) is 0 Å². The Bertz CT molecular complexity index is 1240. The number of sulfonamides is 1. The van der Waals surface area contributed by atoms with Gasteiger partial charge in [-0.3, -0.25) is 4.72 Å². The zero-order valence-electron chi connectivity index (χ0n) is 17.0. The third-order valence-corrected chi connectivity index (χ3v) is 9.06. The third-order valence-electron chi connectivity index (χ3n) is 4.63. The van der Waals surface area contributed by atoms with Crippen LogP contribution in [-0.4, -0.2) is 42.3 Å². The molecule has 0 saturated carbocycles. The summed E-state index contributed by atoms with van der Waals surface area (Å²) in [6, 6.07) is 7.54. The van der Waals surface area contributed by atoms with E-state index in [2.05, 4.69) is 20.0 Å². The second-order valence-electron chi connectivity index (χ2n) is 7.09. The van der Waals surface area contributed by atoms with Crippen molar-refractivity contribution in [3.8, 4) is 5.75 Å². The van der Waals surface area contributed by atoms with Gasteiger partial charge in [0.15, 0.2) is 0 Å². The molecule has 7 nitrogen and oxygen atoms in total. The lowest BCUT2D eigenvalue weighted by atomic mass is 10.2. The molecule has 32 heavy (non-hydrogen) atoms. The van der Waals surface area contributed by atoms with Crippen LogP contribution in [0, 0.1) is 11.7 Å². The molecule has 2 heterocycles. The summed E-state index contributed by atoms with van der Waals surface area (Å²) in [5.74, 6) is 2.04. The van der Waals surface area contributed by atoms with Crippen LogP contribution in [0.4, 0.5) is 21.6 Å². The zero-order valence-corrected chi connectivity index (χ0v) is 20.2. The van der Waals surface area contributed by atoms with Crippen LogP contribution in [0.15, 0.2) is 36.7 Å². The molecule has 0 unspecified atom stereocenters. The molecule has 170 valence electrons. The first-order valence-corrected chi connectivity index (χ1v) is 14.2. The molecule has 1 aliphatic rings. The fraction of sp³-hybridized carbons (Fsp3) is 0.300. The standard InChI is InChI=1S/C20H20ClFN4O3S3/c1-2-29-19-7-17-14(6-18(19)26-32(27,28)10-12-8-30-31-9-12)20(24-11-23-17)25-13-3-4-16(22)15(21)5-13/h3-7,11-12,26H,2,8-10H2,1H3,(H,23,24,25). The van der Waals surface area contributed by atoms with Gasteiger partial charge in [-0.1, -0.05) is 33.2 Å². The van der Waals surface area contributed by atoms with Crippen LogP contribution < -0.4 is 14.8 Å². The topological polar surface area (TPSA) is 93.2 Å². The highest BCUT2D eigenvalue weighted by Gasteiger charge is 2.25. The van der Waals surface area contributed by atoms with E-state index in [9.17, 15) is 12.8 Å². The number of anilines is 3. The number of nitrogens with one attached hydrogen (secondary N) is 2. The molecule has 0 aliphatic carbocycles. The number of halogens is 2. The largest absolute Gasteiger partial charge is 0.492 e. The maximum atomic E-state index is 13.5. The van der Waals surface area contributed by atoms with Gasteiger partial charge in [-0.05, 0) is 37.1 Å². The molecule has 0 radical (unpaired) electrons. The fourth-order valence-corrected chi connectivity index (χ4v) is 8.04. The lowest BCUT2D eigenvalue weighted by Crippen LogP contribution is -2.24. The first-order chi connectivity index (χ1) is 15.3. The van der Waals surface area contributed by atoms with E-state index in [-0.39, 0.29) is 16.7 Å². The minimum absolute atomic E-state index is 0.0244. The molecule has 0 spiro atoms. The molecule has 3 aromatic rings. The van der Waals surface area contributed by atoms with Crippen molar-refractivity contribution >= 4 is 71.3 Å². The Morgan fingerprint density at radius 3 is 2.72 bits per heavy atom. The van der Waals surface area contributed by atoms with Gasteiger partial charge in [0.2, 0.25) is 10.0 Å². The lowest BCUT2D eigenvalue weighted by molar-refractivity contribution is 0.342. The van der Waals surface area contributed by atoms with Crippen molar-refractivity contribution in [3.63, 3.8) is 0 Å². The predicted molar refractivity (Wildman–Crippen MR) is 131 cm³/mol. The van der Waals surface area contributed by atoms with Gasteiger partial charge in [0.1, 0.15) is 23.7 Å². The molecule has 0 atom stereocenters. The van der Waals surface area contributed by atoms with Crippen LogP contribution >= 0.6 is 33.2 Å². The average molecular weight is 515 g/mol. The Labute approximate surface area is 198 Å². The van der Waals surface area contributed by atoms with Crippen molar-refractivity contribution < 1.29 is 17.5 Å². The summed E-state index contributed by atoms with van der Waals surface area (Å²) in [5.41, 5.74) is 1.40. The minimum atomic E-state index is -3.59. The van der Waals surface area contributed by atoms with Crippen molar-refractivity contribution in [2.75, 3.05) is 33.9 Å². The van der Waals surface area contributed by atoms with Crippen molar-refractivity contribution in [1.29, 1.82) is 0 Å². The monoisotopic (exact) mass is 514 g/mol. The van der Waals surface area contributed by atoms with Gasteiger partial charge in [0.25, 0.3) is 0 Å². The Kier molecular flexibility index (Phi) is 7.18. The summed E-state index contributed by atoms with van der Waals surface area (Å²) in [5, 5.41) is 3.64. The highest BCUT2D eigenvalue weighted by atomic mass is 35.5. The van der Waals surface area contributed by atoms with Gasteiger partial charge < -0.3 is 10.1 Å². The van der Waals surface area contributed by atoms with E-state index < -0.39 is 15.8 Å². The fourth-order valence-electron chi connectivity index (χ4n) is 3.20. The summed E-state index contributed by atoms with van der Waals surface area (Å²) < 4.78 is 47.5. The lowest BCUT2D eigenvalue weighted by Gasteiger charge is -2.16. The molecule has 1 saturated heterocycles. The van der Waals surface area contributed by atoms with Crippen LogP contribution in [0.2, 0.25) is 5.02 Å². The molecule has 12 heteroatoms. The number of rotatable bonds is 8. The summed E-state index contributed by atoms with van der Waals surface area (Å²) in [6.45, 7) is 2.18. The number of ether oxygens (including phenoxy) is 1. The van der Waals surface area contributed by atoms with E-state index >= 15 is 0 Å². The van der Waals surface area contributed by atoms with E-state index in [1.54, 1.807) is 33.7 Å². The molecule has 1 aromatic heterocycles. The van der Waals surface area contributed by atoms with Crippen molar-refractivity contribution in [2.24, 2.45) is 5.92 Å². The Hall–Kier alpha value is -1.95. The molecule has 1 fully saturated rings. The van der Waals surface area contributed by atoms with Crippen LogP contribution in [0.1, 0.15) is 6.92 Å². The number of aromatic nitrogens is 2. The van der Waals surface area contributed by atoms with Crippen LogP contribution in [0.5, 0.6) is 5.75 Å². The molecular weight excluding hydrogens is 495 g/mol. The highest BCUT2D eigenvalue weighted by Crippen LogP contribution is 2.37. The van der Waals surface area contributed by atoms with Crippen LogP contribution in [0.25, 0.3) is 10.9 Å². The maximum Gasteiger partial charge on any atom is 0.233 e. The van der Waals surface area contributed by atoms with E-state index in [0.29, 0.717) is 40.5 Å². The molecule has 0 bridgehead atoms. The van der Waals surface area contributed by atoms with E-state index in [0.717, 1.165) is 11.5 Å². The molecular formula is C20H20ClFN4O3S3. The van der Waals surface area contributed by atoms with Crippen LogP contribution in [0.3, 0.4) is 0 Å². The molecule has 2 N–H and O–H groups in total. The normalized spacial score (nSPS) is 14.6. The maximum absolute atomic E-state index is 13.5. The number of nitrogens with zero attached hydrogens (tertiary/aromatic N) is 2. The SMILES string of the molecule is CCOc1cc2ncnc(Nc3ccc(F)c(Cl)c3)c2cc1NS(=O)(=O)CC1CSSC1. The molecule has 0 amide bonds. The number of fused-ring (bicyclic) bond motifs is 1. The van der Waals surface area contributed by atoms with Crippen LogP contribution in [-0.2, 0) is 10.0 Å². The van der Waals surface area contributed by atoms with Gasteiger partial charge in [-0.15, -0.1) is 0 Å². The first kappa shape index (κ1) is 23.2. The van der Waals surface area contributed by atoms with Crippen molar-refractivity contribution in [2.45, 2.75) is 6.92 Å². The van der Waals surface area contributed by atoms with Gasteiger partial charge in [0.05, 0.1) is 28.6 Å². The number of hydrogen-bond acceptors (Lipinski definition) is 8. The summed E-state index contributed by atoms with van der Waals surface area (Å²) in [4.78, 5) is 8.55. The molecule has 4 rings (SSSR count). The number of hydrogen-bond donors (Lipinski definition) is 2. The second-order valence-corrected chi connectivity index (χ2v) is 11.8. The second kappa shape index (κ2) is 9.90.